The predicted octanol–water partition coefficient (Wildman–Crippen LogP) is 0.453. The molecule has 1 aromatic heterocycles. The molecule has 0 radical (unpaired) electrons. The number of carbonyl (C=O) groups is 3. The van der Waals surface area contributed by atoms with Gasteiger partial charge >= 0.3 is 0 Å². The third-order valence-corrected chi connectivity index (χ3v) is 3.89. The summed E-state index contributed by atoms with van der Waals surface area (Å²) in [4.78, 5) is 39.7. The van der Waals surface area contributed by atoms with Gasteiger partial charge in [0.25, 0.3) is 17.7 Å². The number of carbonyl (C=O) groups excluding carboxylic acids is 3. The SMILES string of the molecule is O=C1CSC(=S)N1N1C(=O)c2cccnc2C1=O. The number of hydrogen-bond donors (Lipinski definition) is 0. The van der Waals surface area contributed by atoms with Gasteiger partial charge in [-0.3, -0.25) is 19.4 Å². The van der Waals surface area contributed by atoms with Crippen molar-refractivity contribution >= 4 is 46.0 Å². The molecule has 0 saturated carbocycles. The van der Waals surface area contributed by atoms with E-state index in [2.05, 4.69) is 4.98 Å². The van der Waals surface area contributed by atoms with Gasteiger partial charge < -0.3 is 0 Å². The third-order valence-electron chi connectivity index (χ3n) is 2.55. The van der Waals surface area contributed by atoms with E-state index in [4.69, 9.17) is 12.2 Å². The van der Waals surface area contributed by atoms with Crippen LogP contribution in [0.2, 0.25) is 0 Å². The largest absolute Gasteiger partial charge is 0.299 e. The third kappa shape index (κ3) is 1.39. The second kappa shape index (κ2) is 3.85. The molecule has 8 heteroatoms. The van der Waals surface area contributed by atoms with Gasteiger partial charge in [-0.25, -0.2) is 0 Å². The van der Waals surface area contributed by atoms with E-state index >= 15 is 0 Å². The van der Waals surface area contributed by atoms with Gasteiger partial charge in [0.2, 0.25) is 0 Å². The van der Waals surface area contributed by atoms with Crippen molar-refractivity contribution in [3.8, 4) is 0 Å². The Morgan fingerprint density at radius 3 is 2.61 bits per heavy atom. The van der Waals surface area contributed by atoms with Crippen LogP contribution in [-0.2, 0) is 4.79 Å². The zero-order valence-electron chi connectivity index (χ0n) is 8.82. The van der Waals surface area contributed by atoms with E-state index < -0.39 is 11.8 Å². The van der Waals surface area contributed by atoms with Gasteiger partial charge in [-0.2, -0.15) is 10.0 Å². The van der Waals surface area contributed by atoms with Crippen molar-refractivity contribution in [2.24, 2.45) is 0 Å². The first kappa shape index (κ1) is 11.3. The lowest BCUT2D eigenvalue weighted by molar-refractivity contribution is -0.130. The molecule has 1 aromatic rings. The van der Waals surface area contributed by atoms with Gasteiger partial charge in [0.05, 0.1) is 11.3 Å². The summed E-state index contributed by atoms with van der Waals surface area (Å²) in [6, 6.07) is 3.06. The van der Waals surface area contributed by atoms with Crippen LogP contribution in [0.15, 0.2) is 18.3 Å². The van der Waals surface area contributed by atoms with Crippen LogP contribution in [0.3, 0.4) is 0 Å². The maximum atomic E-state index is 12.1. The quantitative estimate of drug-likeness (QED) is 0.549. The number of rotatable bonds is 1. The van der Waals surface area contributed by atoms with Crippen LogP contribution in [0.5, 0.6) is 0 Å². The highest BCUT2D eigenvalue weighted by Crippen LogP contribution is 2.28. The van der Waals surface area contributed by atoms with Crippen LogP contribution in [0.4, 0.5) is 0 Å². The summed E-state index contributed by atoms with van der Waals surface area (Å²) < 4.78 is 0.203. The second-order valence-corrected chi connectivity index (χ2v) is 5.19. The Bertz CT molecular complexity index is 565. The smallest absolute Gasteiger partial charge is 0.272 e. The fraction of sp³-hybridized carbons (Fsp3) is 0.100. The van der Waals surface area contributed by atoms with Gasteiger partial charge in [0, 0.05) is 6.20 Å². The molecule has 0 aromatic carbocycles. The van der Waals surface area contributed by atoms with E-state index in [0.717, 1.165) is 21.8 Å². The average molecular weight is 279 g/mol. The standard InChI is InChI=1S/C10H5N3O3S2/c14-6-4-18-10(17)12(6)13-8(15)5-2-1-3-11-7(5)9(13)16/h1-3H,4H2. The minimum atomic E-state index is -0.617. The molecular weight excluding hydrogens is 274 g/mol. The topological polar surface area (TPSA) is 70.6 Å². The molecule has 0 unspecified atom stereocenters. The molecule has 90 valence electrons. The first-order valence-electron chi connectivity index (χ1n) is 4.94. The predicted molar refractivity (Wildman–Crippen MR) is 66.6 cm³/mol. The molecule has 3 heterocycles. The maximum Gasteiger partial charge on any atom is 0.299 e. The summed E-state index contributed by atoms with van der Waals surface area (Å²) in [5, 5.41) is 1.72. The van der Waals surface area contributed by atoms with E-state index in [1.54, 1.807) is 6.07 Å². The van der Waals surface area contributed by atoms with Crippen LogP contribution >= 0.6 is 24.0 Å². The van der Waals surface area contributed by atoms with E-state index in [-0.39, 0.29) is 27.2 Å². The normalized spacial score (nSPS) is 18.9. The second-order valence-electron chi connectivity index (χ2n) is 3.58. The zero-order chi connectivity index (χ0) is 12.9. The van der Waals surface area contributed by atoms with Crippen molar-refractivity contribution in [3.63, 3.8) is 0 Å². The molecule has 0 aliphatic carbocycles. The van der Waals surface area contributed by atoms with Gasteiger partial charge in [-0.1, -0.05) is 24.0 Å². The lowest BCUT2D eigenvalue weighted by atomic mass is 10.2. The van der Waals surface area contributed by atoms with E-state index in [9.17, 15) is 14.4 Å². The molecule has 0 spiro atoms. The van der Waals surface area contributed by atoms with Crippen molar-refractivity contribution in [2.45, 2.75) is 0 Å². The zero-order valence-corrected chi connectivity index (χ0v) is 10.5. The number of aromatic nitrogens is 1. The molecule has 1 fully saturated rings. The highest BCUT2D eigenvalue weighted by atomic mass is 32.2. The van der Waals surface area contributed by atoms with Crippen LogP contribution in [-0.4, -0.2) is 42.8 Å². The van der Waals surface area contributed by atoms with Gasteiger partial charge in [0.15, 0.2) is 4.32 Å². The molecule has 2 aliphatic rings. The number of nitrogens with zero attached hydrogens (tertiary/aromatic N) is 3. The Kier molecular flexibility index (Phi) is 2.42. The fourth-order valence-electron chi connectivity index (χ4n) is 1.78. The number of pyridine rings is 1. The number of thioether (sulfide) groups is 1. The van der Waals surface area contributed by atoms with Crippen molar-refractivity contribution in [1.82, 2.24) is 15.0 Å². The molecule has 6 nitrogen and oxygen atoms in total. The maximum absolute atomic E-state index is 12.1. The molecule has 1 saturated heterocycles. The Balaban J connectivity index is 2.07. The first-order chi connectivity index (χ1) is 8.61. The summed E-state index contributed by atoms with van der Waals surface area (Å²) in [7, 11) is 0. The molecule has 3 amide bonds. The first-order valence-corrected chi connectivity index (χ1v) is 6.34. The van der Waals surface area contributed by atoms with Crippen molar-refractivity contribution in [3.05, 3.63) is 29.6 Å². The van der Waals surface area contributed by atoms with E-state index in [1.165, 1.54) is 12.3 Å². The summed E-state index contributed by atoms with van der Waals surface area (Å²) in [6.45, 7) is 0. The fourth-order valence-corrected chi connectivity index (χ4v) is 2.81. The number of hydrogen-bond acceptors (Lipinski definition) is 6. The Morgan fingerprint density at radius 2 is 2.00 bits per heavy atom. The number of amides is 3. The van der Waals surface area contributed by atoms with Gasteiger partial charge in [-0.05, 0) is 12.1 Å². The minimum absolute atomic E-state index is 0.0509. The number of imide groups is 1. The molecular formula is C10H5N3O3S2. The lowest BCUT2D eigenvalue weighted by Gasteiger charge is -2.23. The highest BCUT2D eigenvalue weighted by Gasteiger charge is 2.45. The summed E-state index contributed by atoms with van der Waals surface area (Å²) in [6.07, 6.45) is 1.42. The number of fused-ring (bicyclic) bond motifs is 1. The summed E-state index contributed by atoms with van der Waals surface area (Å²) in [5.74, 6) is -1.42. The van der Waals surface area contributed by atoms with Crippen LogP contribution < -0.4 is 0 Å². The minimum Gasteiger partial charge on any atom is -0.272 e. The van der Waals surface area contributed by atoms with Crippen LogP contribution in [0, 0.1) is 0 Å². The summed E-state index contributed by atoms with van der Waals surface area (Å²) >= 11 is 6.10. The molecule has 0 atom stereocenters. The number of hydrazine groups is 1. The molecule has 18 heavy (non-hydrogen) atoms. The number of thiocarbonyl (C=S) groups is 1. The van der Waals surface area contributed by atoms with Gasteiger partial charge in [-0.15, -0.1) is 0 Å². The van der Waals surface area contributed by atoms with E-state index in [0.29, 0.717) is 0 Å². The van der Waals surface area contributed by atoms with Crippen molar-refractivity contribution in [2.75, 3.05) is 5.75 Å². The Labute approximate surface area is 111 Å². The van der Waals surface area contributed by atoms with E-state index in [1.807, 2.05) is 0 Å². The molecule has 3 rings (SSSR count). The van der Waals surface area contributed by atoms with Crippen LogP contribution in [0.25, 0.3) is 0 Å². The highest BCUT2D eigenvalue weighted by molar-refractivity contribution is 8.23. The Hall–Kier alpha value is -1.80. The average Bonchev–Trinajstić information content (AvgIpc) is 2.81. The molecule has 2 aliphatic heterocycles. The lowest BCUT2D eigenvalue weighted by Crippen LogP contribution is -2.48. The van der Waals surface area contributed by atoms with Gasteiger partial charge in [0.1, 0.15) is 5.69 Å². The Morgan fingerprint density at radius 1 is 1.22 bits per heavy atom. The summed E-state index contributed by atoms with van der Waals surface area (Å²) in [5.41, 5.74) is 0.241. The molecule has 0 bridgehead atoms. The van der Waals surface area contributed by atoms with Crippen LogP contribution in [0.1, 0.15) is 20.8 Å². The van der Waals surface area contributed by atoms with Crippen molar-refractivity contribution < 1.29 is 14.4 Å². The van der Waals surface area contributed by atoms with Crippen molar-refractivity contribution in [1.29, 1.82) is 0 Å². The molecule has 0 N–H and O–H groups in total. The monoisotopic (exact) mass is 279 g/mol.